The van der Waals surface area contributed by atoms with Gasteiger partial charge in [0.2, 0.25) is 0 Å². The van der Waals surface area contributed by atoms with Crippen LogP contribution in [-0.4, -0.2) is 0 Å². The lowest BCUT2D eigenvalue weighted by atomic mass is 9.81. The molecule has 139 heavy (non-hydrogen) atoms. The van der Waals surface area contributed by atoms with E-state index in [4.69, 9.17) is 4.42 Å². The molecule has 1 aliphatic carbocycles. The average Bonchev–Trinajstić information content (AvgIpc) is 1.57. The molecule has 1 heterocycles. The topological polar surface area (TPSA) is 22.9 Å². The molecule has 0 N–H and O–H groups in total. The van der Waals surface area contributed by atoms with Crippen molar-refractivity contribution in [3.8, 4) is 111 Å². The van der Waals surface area contributed by atoms with Crippen molar-refractivity contribution in [3.05, 3.63) is 563 Å². The summed E-state index contributed by atoms with van der Waals surface area (Å²) in [6.45, 7) is 4.75. The van der Waals surface area contributed by atoms with Crippen molar-refractivity contribution in [2.75, 3.05) is 14.7 Å². The van der Waals surface area contributed by atoms with Crippen LogP contribution < -0.4 is 14.7 Å². The van der Waals surface area contributed by atoms with E-state index in [2.05, 4.69) is 568 Å². The molecular formula is C135H97N3O. The van der Waals surface area contributed by atoms with E-state index in [0.29, 0.717) is 0 Å². The van der Waals surface area contributed by atoms with Crippen LogP contribution in [0.4, 0.5) is 51.2 Å². The van der Waals surface area contributed by atoms with E-state index in [0.717, 1.165) is 73.0 Å². The van der Waals surface area contributed by atoms with Crippen LogP contribution in [-0.2, 0) is 5.41 Å². The first kappa shape index (κ1) is 85.2. The van der Waals surface area contributed by atoms with Gasteiger partial charge in [0.15, 0.2) is 0 Å². The Morgan fingerprint density at radius 1 is 0.144 bits per heavy atom. The van der Waals surface area contributed by atoms with Gasteiger partial charge in [0.25, 0.3) is 0 Å². The van der Waals surface area contributed by atoms with Gasteiger partial charge >= 0.3 is 0 Å². The van der Waals surface area contributed by atoms with E-state index in [1.807, 2.05) is 12.1 Å². The molecule has 0 radical (unpaired) electrons. The summed E-state index contributed by atoms with van der Waals surface area (Å²) in [7, 11) is 0. The second-order valence-corrected chi connectivity index (χ2v) is 36.2. The van der Waals surface area contributed by atoms with E-state index in [1.165, 1.54) is 155 Å². The maximum Gasteiger partial charge on any atom is 0.137 e. The minimum atomic E-state index is -0.153. The number of furan rings is 1. The van der Waals surface area contributed by atoms with Gasteiger partial charge in [0, 0.05) is 73.4 Å². The Balaban J connectivity index is 0.000000117. The van der Waals surface area contributed by atoms with Crippen LogP contribution in [0.25, 0.3) is 166 Å². The molecule has 4 nitrogen and oxygen atoms in total. The van der Waals surface area contributed by atoms with Crippen LogP contribution >= 0.6 is 0 Å². The third kappa shape index (κ3) is 17.2. The number of hydrogen-bond acceptors (Lipinski definition) is 4. The van der Waals surface area contributed by atoms with Crippen molar-refractivity contribution < 1.29 is 4.42 Å². The zero-order valence-corrected chi connectivity index (χ0v) is 77.3. The molecule has 0 unspecified atom stereocenters. The number of para-hydroxylation sites is 4. The highest BCUT2D eigenvalue weighted by molar-refractivity contribution is 6.09. The molecule has 658 valence electrons. The fourth-order valence-corrected chi connectivity index (χ4v) is 20.4. The van der Waals surface area contributed by atoms with Crippen LogP contribution in [0.2, 0.25) is 0 Å². The molecule has 1 aliphatic rings. The summed E-state index contributed by atoms with van der Waals surface area (Å²) >= 11 is 0. The molecule has 0 spiro atoms. The Hall–Kier alpha value is -18.0. The summed E-state index contributed by atoms with van der Waals surface area (Å²) in [6.07, 6.45) is 0. The maximum absolute atomic E-state index is 6.58. The van der Waals surface area contributed by atoms with E-state index in [9.17, 15) is 0 Å². The third-order valence-corrected chi connectivity index (χ3v) is 27.3. The molecule has 24 aromatic rings. The maximum atomic E-state index is 6.58. The molecule has 0 aliphatic heterocycles. The second kappa shape index (κ2) is 37.8. The fraction of sp³-hybridized carbons (Fsp3) is 0.0222. The van der Waals surface area contributed by atoms with Crippen LogP contribution in [0.1, 0.15) is 25.0 Å². The molecule has 4 heteroatoms. The normalized spacial score (nSPS) is 11.7. The molecule has 1 aromatic heterocycles. The minimum Gasteiger partial charge on any atom is -0.456 e. The van der Waals surface area contributed by atoms with Gasteiger partial charge in [-0.2, -0.15) is 0 Å². The van der Waals surface area contributed by atoms with Crippen molar-refractivity contribution in [2.24, 2.45) is 0 Å². The largest absolute Gasteiger partial charge is 0.456 e. The summed E-state index contributed by atoms with van der Waals surface area (Å²) in [4.78, 5) is 6.96. The Kier molecular flexibility index (Phi) is 23.2. The molecule has 23 aromatic carbocycles. The Morgan fingerprint density at radius 3 is 0.777 bits per heavy atom. The van der Waals surface area contributed by atoms with Gasteiger partial charge in [-0.05, 0) is 319 Å². The monoisotopic (exact) mass is 1780 g/mol. The number of hydrogen-bond donors (Lipinski definition) is 0. The van der Waals surface area contributed by atoms with E-state index in [1.54, 1.807) is 0 Å². The smallest absolute Gasteiger partial charge is 0.137 e. The standard InChI is InChI=1S/C52H37N.C43H33N.C40H27NO/c1-4-14-38(15-5-1)40-24-30-46(31-25-40)53(47-32-26-41(27-33-47)39-16-6-2-7-17-39)48-34-28-43(29-35-48)51-36-44-20-10-11-21-45(44)37-52(51)50-23-13-12-22-49(50)42-18-8-3-9-19-42;1-43(2)41-28-33(40-27-32-17-13-12-16-31(32)26-39(40)30-14-6-3-7-15-30)22-24-37(41)38-25-23-36(29-42(38)43)44(34-18-8-4-9-19-34)35-20-10-5-11-21-35;1-4-12-28(13-5-1)37-24-29-14-10-11-15-30(29)25-38(37)31-20-22-35-36-23-21-34(27-40(36)42-39(35)26-31)41(32-16-6-2-7-17-32)33-18-8-3-9-19-33/h1-37H;3-29H,1-2H3;1-27H. The summed E-state index contributed by atoms with van der Waals surface area (Å²) < 4.78 is 6.58. The predicted octanol–water partition coefficient (Wildman–Crippen LogP) is 38.1. The van der Waals surface area contributed by atoms with E-state index >= 15 is 0 Å². The van der Waals surface area contributed by atoms with Gasteiger partial charge in [-0.15, -0.1) is 0 Å². The molecular weight excluding hydrogens is 1680 g/mol. The number of benzene rings is 23. The Morgan fingerprint density at radius 2 is 0.374 bits per heavy atom. The van der Waals surface area contributed by atoms with Gasteiger partial charge < -0.3 is 19.1 Å². The SMILES string of the molecule is CC1(C)c2cc(-c3cc4ccccc4cc3-c3ccccc3)ccc2-c2ccc(N(c3ccccc3)c3ccccc3)cc21.c1ccc(-c2cc3ccccc3cc2-c2ccc3c(c2)oc2cc(N(c4ccccc4)c4ccccc4)ccc23)cc1.c1ccc(-c2ccc(N(c3ccc(-c4ccccc4)cc3)c3ccc(-c4cc5ccccc5cc4-c4ccccc4-c4ccccc4)cc3)cc2)cc1. The van der Waals surface area contributed by atoms with Crippen molar-refractivity contribution >= 4 is 105 Å². The Bertz CT molecular complexity index is 8350. The average molecular weight is 1780 g/mol. The summed E-state index contributed by atoms with van der Waals surface area (Å²) in [6, 6.07) is 198. The lowest BCUT2D eigenvalue weighted by molar-refractivity contribution is 0.660. The number of anilines is 9. The zero-order chi connectivity index (χ0) is 93.0. The first-order valence-electron chi connectivity index (χ1n) is 47.8. The van der Waals surface area contributed by atoms with Crippen LogP contribution in [0.15, 0.2) is 556 Å². The van der Waals surface area contributed by atoms with Crippen molar-refractivity contribution in [2.45, 2.75) is 19.3 Å². The van der Waals surface area contributed by atoms with Gasteiger partial charge in [-0.25, -0.2) is 0 Å². The van der Waals surface area contributed by atoms with Crippen molar-refractivity contribution in [3.63, 3.8) is 0 Å². The summed E-state index contributed by atoms with van der Waals surface area (Å²) in [5, 5.41) is 9.68. The lowest BCUT2D eigenvalue weighted by Crippen LogP contribution is -2.16. The zero-order valence-electron chi connectivity index (χ0n) is 77.3. The summed E-state index contributed by atoms with van der Waals surface area (Å²) in [5.41, 5.74) is 38.9. The van der Waals surface area contributed by atoms with Gasteiger partial charge in [-0.3, -0.25) is 0 Å². The highest BCUT2D eigenvalue weighted by atomic mass is 16.3. The van der Waals surface area contributed by atoms with E-state index < -0.39 is 0 Å². The summed E-state index contributed by atoms with van der Waals surface area (Å²) in [5.74, 6) is 0. The molecule has 0 amide bonds. The lowest BCUT2D eigenvalue weighted by Gasteiger charge is -2.28. The molecule has 0 fully saturated rings. The highest BCUT2D eigenvalue weighted by Crippen LogP contribution is 2.54. The van der Waals surface area contributed by atoms with Gasteiger partial charge in [-0.1, -0.05) is 396 Å². The third-order valence-electron chi connectivity index (χ3n) is 27.3. The number of nitrogens with zero attached hydrogens (tertiary/aromatic N) is 3. The molecule has 0 saturated heterocycles. The van der Waals surface area contributed by atoms with Crippen LogP contribution in [0.3, 0.4) is 0 Å². The van der Waals surface area contributed by atoms with Gasteiger partial charge in [0.1, 0.15) is 11.2 Å². The van der Waals surface area contributed by atoms with Crippen LogP contribution in [0, 0.1) is 0 Å². The molecule has 0 atom stereocenters. The van der Waals surface area contributed by atoms with Crippen molar-refractivity contribution in [1.29, 1.82) is 0 Å². The quantitative estimate of drug-likeness (QED) is 0.0854. The second-order valence-electron chi connectivity index (χ2n) is 36.2. The number of fused-ring (bicyclic) bond motifs is 9. The van der Waals surface area contributed by atoms with Gasteiger partial charge in [0.05, 0.1) is 0 Å². The molecule has 0 bridgehead atoms. The van der Waals surface area contributed by atoms with E-state index in [-0.39, 0.29) is 5.41 Å². The molecule has 25 rings (SSSR count). The Labute approximate surface area is 812 Å². The predicted molar refractivity (Wildman–Crippen MR) is 590 cm³/mol. The minimum absolute atomic E-state index is 0.153. The first-order chi connectivity index (χ1) is 68.7. The highest BCUT2D eigenvalue weighted by Gasteiger charge is 2.37. The fourth-order valence-electron chi connectivity index (χ4n) is 20.4. The first-order valence-corrected chi connectivity index (χ1v) is 47.8. The number of rotatable bonds is 18. The van der Waals surface area contributed by atoms with Crippen molar-refractivity contribution in [1.82, 2.24) is 0 Å². The molecule has 0 saturated carbocycles. The van der Waals surface area contributed by atoms with Crippen LogP contribution in [0.5, 0.6) is 0 Å².